The lowest BCUT2D eigenvalue weighted by atomic mass is 10.1. The highest BCUT2D eigenvalue weighted by Gasteiger charge is 2.30. The maximum absolute atomic E-state index is 13.5. The van der Waals surface area contributed by atoms with E-state index in [9.17, 15) is 17.9 Å². The van der Waals surface area contributed by atoms with Crippen molar-refractivity contribution in [2.75, 3.05) is 13.1 Å². The minimum Gasteiger partial charge on any atom is -0.393 e. The molecule has 6 heteroatoms. The maximum atomic E-state index is 13.5. The van der Waals surface area contributed by atoms with E-state index in [4.69, 9.17) is 0 Å². The summed E-state index contributed by atoms with van der Waals surface area (Å²) < 4.78 is 38.9. The van der Waals surface area contributed by atoms with Gasteiger partial charge in [-0.3, -0.25) is 0 Å². The number of benzene rings is 1. The highest BCUT2D eigenvalue weighted by atomic mass is 32.2. The van der Waals surface area contributed by atoms with Crippen molar-refractivity contribution in [1.82, 2.24) is 4.31 Å². The van der Waals surface area contributed by atoms with Crippen molar-refractivity contribution in [3.05, 3.63) is 30.1 Å². The first-order valence-corrected chi connectivity index (χ1v) is 6.88. The van der Waals surface area contributed by atoms with E-state index < -0.39 is 21.9 Å². The van der Waals surface area contributed by atoms with Gasteiger partial charge in [-0.2, -0.15) is 4.31 Å². The summed E-state index contributed by atoms with van der Waals surface area (Å²) in [5.74, 6) is -0.737. The lowest BCUT2D eigenvalue weighted by molar-refractivity contribution is 0.113. The Kier molecular flexibility index (Phi) is 3.46. The van der Waals surface area contributed by atoms with Crippen LogP contribution in [0.15, 0.2) is 29.2 Å². The van der Waals surface area contributed by atoms with Crippen LogP contribution in [-0.2, 0) is 10.0 Å². The molecule has 0 unspecified atom stereocenters. The topological polar surface area (TPSA) is 57.6 Å². The van der Waals surface area contributed by atoms with E-state index in [1.807, 2.05) is 0 Å². The molecular formula is C11H14FNO3S. The van der Waals surface area contributed by atoms with E-state index in [1.165, 1.54) is 22.5 Å². The first-order valence-electron chi connectivity index (χ1n) is 5.44. The number of halogens is 1. The summed E-state index contributed by atoms with van der Waals surface area (Å²) in [7, 11) is -3.77. The molecule has 2 rings (SSSR count). The van der Waals surface area contributed by atoms with Crippen molar-refractivity contribution in [2.24, 2.45) is 0 Å². The minimum absolute atomic E-state index is 0.234. The van der Waals surface area contributed by atoms with Crippen LogP contribution in [0.5, 0.6) is 0 Å². The highest BCUT2D eigenvalue weighted by molar-refractivity contribution is 7.89. The van der Waals surface area contributed by atoms with Crippen LogP contribution in [0.1, 0.15) is 12.8 Å². The third-order valence-corrected chi connectivity index (χ3v) is 4.81. The predicted octanol–water partition coefficient (Wildman–Crippen LogP) is 0.971. The molecule has 0 spiro atoms. The van der Waals surface area contributed by atoms with E-state index in [0.29, 0.717) is 12.8 Å². The van der Waals surface area contributed by atoms with Crippen LogP contribution in [0.2, 0.25) is 0 Å². The number of piperidine rings is 1. The summed E-state index contributed by atoms with van der Waals surface area (Å²) in [5, 5.41) is 9.32. The van der Waals surface area contributed by atoms with Crippen molar-refractivity contribution in [1.29, 1.82) is 0 Å². The van der Waals surface area contributed by atoms with Crippen molar-refractivity contribution >= 4 is 10.0 Å². The quantitative estimate of drug-likeness (QED) is 0.861. The fourth-order valence-corrected chi connectivity index (χ4v) is 3.41. The molecule has 0 saturated carbocycles. The second kappa shape index (κ2) is 4.72. The normalized spacial score (nSPS) is 19.4. The largest absolute Gasteiger partial charge is 0.393 e. The zero-order valence-corrected chi connectivity index (χ0v) is 10.0. The second-order valence-corrected chi connectivity index (χ2v) is 5.97. The van der Waals surface area contributed by atoms with E-state index in [-0.39, 0.29) is 18.0 Å². The monoisotopic (exact) mass is 259 g/mol. The van der Waals surface area contributed by atoms with Gasteiger partial charge in [-0.05, 0) is 25.0 Å². The summed E-state index contributed by atoms with van der Waals surface area (Å²) >= 11 is 0. The first kappa shape index (κ1) is 12.5. The third-order valence-electron chi connectivity index (χ3n) is 2.88. The van der Waals surface area contributed by atoms with Gasteiger partial charge < -0.3 is 5.11 Å². The number of hydrogen-bond acceptors (Lipinski definition) is 3. The van der Waals surface area contributed by atoms with Gasteiger partial charge in [-0.25, -0.2) is 12.8 Å². The van der Waals surface area contributed by atoms with Gasteiger partial charge in [0.15, 0.2) is 0 Å². The molecule has 94 valence electrons. The molecular weight excluding hydrogens is 245 g/mol. The first-order chi connectivity index (χ1) is 8.01. The van der Waals surface area contributed by atoms with Gasteiger partial charge >= 0.3 is 0 Å². The van der Waals surface area contributed by atoms with Crippen LogP contribution in [0.4, 0.5) is 4.39 Å². The molecule has 4 nitrogen and oxygen atoms in total. The molecule has 1 heterocycles. The Labute approximate surface area is 99.7 Å². The van der Waals surface area contributed by atoms with Crippen LogP contribution in [0, 0.1) is 5.82 Å². The number of aliphatic hydroxyl groups is 1. The average Bonchev–Trinajstić information content (AvgIpc) is 2.30. The molecule has 0 aromatic heterocycles. The van der Waals surface area contributed by atoms with Gasteiger partial charge in [-0.1, -0.05) is 12.1 Å². The van der Waals surface area contributed by atoms with Crippen molar-refractivity contribution in [2.45, 2.75) is 23.8 Å². The SMILES string of the molecule is O=S(=O)(c1ccccc1F)N1CCC(O)CC1. The Bertz CT molecular complexity index is 495. The standard InChI is InChI=1S/C11H14FNO3S/c12-10-3-1-2-4-11(10)17(15,16)13-7-5-9(14)6-8-13/h1-4,9,14H,5-8H2. The number of rotatable bonds is 2. The Morgan fingerprint density at radius 1 is 1.24 bits per heavy atom. The van der Waals surface area contributed by atoms with Gasteiger partial charge in [0.05, 0.1) is 6.10 Å². The summed E-state index contributed by atoms with van der Waals surface area (Å²) in [6.07, 6.45) is 0.337. The molecule has 1 fully saturated rings. The van der Waals surface area contributed by atoms with Gasteiger partial charge in [-0.15, -0.1) is 0 Å². The summed E-state index contributed by atoms with van der Waals surface area (Å²) in [6.45, 7) is 0.468. The zero-order valence-electron chi connectivity index (χ0n) is 9.21. The third kappa shape index (κ3) is 2.48. The molecule has 1 saturated heterocycles. The minimum atomic E-state index is -3.77. The molecule has 1 aliphatic heterocycles. The molecule has 0 bridgehead atoms. The van der Waals surface area contributed by atoms with Gasteiger partial charge in [0.1, 0.15) is 10.7 Å². The van der Waals surface area contributed by atoms with Crippen molar-refractivity contribution in [3.63, 3.8) is 0 Å². The molecule has 0 atom stereocenters. The molecule has 1 aromatic rings. The summed E-state index contributed by atoms with van der Waals surface area (Å²) in [4.78, 5) is -0.295. The zero-order chi connectivity index (χ0) is 12.5. The Hall–Kier alpha value is -0.980. The van der Waals surface area contributed by atoms with Crippen LogP contribution >= 0.6 is 0 Å². The van der Waals surface area contributed by atoms with Crippen LogP contribution in [0.3, 0.4) is 0 Å². The molecule has 0 aliphatic carbocycles. The Morgan fingerprint density at radius 3 is 2.41 bits per heavy atom. The summed E-state index contributed by atoms with van der Waals surface area (Å²) in [6, 6.07) is 5.34. The highest BCUT2D eigenvalue weighted by Crippen LogP contribution is 2.22. The second-order valence-electron chi connectivity index (χ2n) is 4.07. The van der Waals surface area contributed by atoms with E-state index in [1.54, 1.807) is 0 Å². The molecule has 1 aromatic carbocycles. The predicted molar refractivity (Wildman–Crippen MR) is 60.4 cm³/mol. The number of sulfonamides is 1. The number of aliphatic hydroxyl groups excluding tert-OH is 1. The fraction of sp³-hybridized carbons (Fsp3) is 0.455. The van der Waals surface area contributed by atoms with Crippen LogP contribution in [0.25, 0.3) is 0 Å². The molecule has 0 amide bonds. The van der Waals surface area contributed by atoms with Crippen molar-refractivity contribution in [3.8, 4) is 0 Å². The molecule has 1 aliphatic rings. The Morgan fingerprint density at radius 2 is 1.82 bits per heavy atom. The lowest BCUT2D eigenvalue weighted by Crippen LogP contribution is -2.40. The van der Waals surface area contributed by atoms with Crippen LogP contribution < -0.4 is 0 Å². The van der Waals surface area contributed by atoms with E-state index in [2.05, 4.69) is 0 Å². The molecule has 17 heavy (non-hydrogen) atoms. The van der Waals surface area contributed by atoms with Crippen molar-refractivity contribution < 1.29 is 17.9 Å². The molecule has 0 radical (unpaired) electrons. The van der Waals surface area contributed by atoms with Gasteiger partial charge in [0, 0.05) is 13.1 Å². The van der Waals surface area contributed by atoms with E-state index in [0.717, 1.165) is 6.07 Å². The van der Waals surface area contributed by atoms with Gasteiger partial charge in [0.25, 0.3) is 0 Å². The lowest BCUT2D eigenvalue weighted by Gasteiger charge is -2.28. The number of nitrogens with zero attached hydrogens (tertiary/aromatic N) is 1. The van der Waals surface area contributed by atoms with Gasteiger partial charge in [0.2, 0.25) is 10.0 Å². The Balaban J connectivity index is 2.28. The molecule has 1 N–H and O–H groups in total. The number of hydrogen-bond donors (Lipinski definition) is 1. The summed E-state index contributed by atoms with van der Waals surface area (Å²) in [5.41, 5.74) is 0. The maximum Gasteiger partial charge on any atom is 0.245 e. The van der Waals surface area contributed by atoms with E-state index >= 15 is 0 Å². The fourth-order valence-electron chi connectivity index (χ4n) is 1.88. The average molecular weight is 259 g/mol. The van der Waals surface area contributed by atoms with Crippen LogP contribution in [-0.4, -0.2) is 37.0 Å². The smallest absolute Gasteiger partial charge is 0.245 e.